The highest BCUT2D eigenvalue weighted by Crippen LogP contribution is 2.29. The molecular weight excluding hydrogens is 306 g/mol. The second kappa shape index (κ2) is 5.45. The number of anilines is 1. The standard InChI is InChI=1S/C15H18BrNS/c1-15(2,3)14-9-8-13(18-14)10-17-12-6-4-11(16)5-7-12/h4-9,17H,10H2,1-3H3. The molecule has 2 aromatic rings. The first-order valence-corrected chi connectivity index (χ1v) is 7.65. The summed E-state index contributed by atoms with van der Waals surface area (Å²) >= 11 is 5.33. The fourth-order valence-corrected chi connectivity index (χ4v) is 2.90. The SMILES string of the molecule is CC(C)(C)c1ccc(CNc2ccc(Br)cc2)s1. The third-order valence-corrected chi connectivity index (χ3v) is 4.75. The first kappa shape index (κ1) is 13.6. The van der Waals surface area contributed by atoms with Gasteiger partial charge in [-0.05, 0) is 41.8 Å². The van der Waals surface area contributed by atoms with Gasteiger partial charge < -0.3 is 5.32 Å². The summed E-state index contributed by atoms with van der Waals surface area (Å²) in [4.78, 5) is 2.82. The molecule has 0 aliphatic rings. The largest absolute Gasteiger partial charge is 0.380 e. The molecular formula is C15H18BrNS. The minimum absolute atomic E-state index is 0.251. The van der Waals surface area contributed by atoms with E-state index in [9.17, 15) is 0 Å². The summed E-state index contributed by atoms with van der Waals surface area (Å²) in [5, 5.41) is 3.44. The van der Waals surface area contributed by atoms with Crippen LogP contribution in [0.2, 0.25) is 0 Å². The monoisotopic (exact) mass is 323 g/mol. The zero-order valence-electron chi connectivity index (χ0n) is 11.0. The van der Waals surface area contributed by atoms with Crippen LogP contribution in [0.4, 0.5) is 5.69 Å². The van der Waals surface area contributed by atoms with Crippen LogP contribution in [0.5, 0.6) is 0 Å². The molecule has 0 fully saturated rings. The van der Waals surface area contributed by atoms with Gasteiger partial charge in [-0.15, -0.1) is 11.3 Å². The third-order valence-electron chi connectivity index (χ3n) is 2.71. The molecule has 1 nitrogen and oxygen atoms in total. The molecule has 0 atom stereocenters. The van der Waals surface area contributed by atoms with Crippen LogP contribution in [-0.2, 0) is 12.0 Å². The number of hydrogen-bond donors (Lipinski definition) is 1. The first-order valence-electron chi connectivity index (χ1n) is 6.04. The van der Waals surface area contributed by atoms with E-state index in [0.29, 0.717) is 0 Å². The quantitative estimate of drug-likeness (QED) is 0.795. The highest BCUT2D eigenvalue weighted by molar-refractivity contribution is 9.10. The van der Waals surface area contributed by atoms with E-state index in [1.165, 1.54) is 9.75 Å². The third kappa shape index (κ3) is 3.59. The number of hydrogen-bond acceptors (Lipinski definition) is 2. The van der Waals surface area contributed by atoms with E-state index < -0.39 is 0 Å². The summed E-state index contributed by atoms with van der Waals surface area (Å²) in [6.45, 7) is 7.66. The van der Waals surface area contributed by atoms with Gasteiger partial charge in [-0.1, -0.05) is 36.7 Å². The number of thiophene rings is 1. The van der Waals surface area contributed by atoms with Crippen LogP contribution in [0.3, 0.4) is 0 Å². The van der Waals surface area contributed by atoms with Crippen molar-refractivity contribution in [2.75, 3.05) is 5.32 Å². The van der Waals surface area contributed by atoms with E-state index in [0.717, 1.165) is 16.7 Å². The zero-order chi connectivity index (χ0) is 13.2. The Morgan fingerprint density at radius 3 is 2.28 bits per heavy atom. The van der Waals surface area contributed by atoms with Crippen molar-refractivity contribution in [3.8, 4) is 0 Å². The van der Waals surface area contributed by atoms with E-state index in [4.69, 9.17) is 0 Å². The van der Waals surface area contributed by atoms with Gasteiger partial charge in [0, 0.05) is 26.5 Å². The van der Waals surface area contributed by atoms with Gasteiger partial charge >= 0.3 is 0 Å². The first-order chi connectivity index (χ1) is 8.45. The summed E-state index contributed by atoms with van der Waals surface area (Å²) in [5.41, 5.74) is 1.41. The lowest BCUT2D eigenvalue weighted by molar-refractivity contribution is 0.604. The predicted octanol–water partition coefficient (Wildman–Crippen LogP) is 5.42. The molecule has 0 aliphatic carbocycles. The van der Waals surface area contributed by atoms with Crippen LogP contribution in [0.15, 0.2) is 40.9 Å². The predicted molar refractivity (Wildman–Crippen MR) is 84.5 cm³/mol. The lowest BCUT2D eigenvalue weighted by atomic mass is 9.95. The fourth-order valence-electron chi connectivity index (χ4n) is 1.63. The maximum Gasteiger partial charge on any atom is 0.0494 e. The Kier molecular flexibility index (Phi) is 4.13. The lowest BCUT2D eigenvalue weighted by Gasteiger charge is -2.15. The number of benzene rings is 1. The molecule has 1 heterocycles. The molecule has 0 aliphatic heterocycles. The van der Waals surface area contributed by atoms with Gasteiger partial charge in [-0.25, -0.2) is 0 Å². The molecule has 1 aromatic carbocycles. The highest BCUT2D eigenvalue weighted by atomic mass is 79.9. The van der Waals surface area contributed by atoms with Crippen molar-refractivity contribution in [3.05, 3.63) is 50.6 Å². The van der Waals surface area contributed by atoms with Crippen molar-refractivity contribution < 1.29 is 0 Å². The normalized spacial score (nSPS) is 11.6. The molecule has 3 heteroatoms. The molecule has 0 saturated heterocycles. The Bertz CT molecular complexity index is 508. The van der Waals surface area contributed by atoms with Crippen LogP contribution in [0.25, 0.3) is 0 Å². The molecule has 0 bridgehead atoms. The molecule has 18 heavy (non-hydrogen) atoms. The summed E-state index contributed by atoms with van der Waals surface area (Å²) < 4.78 is 1.11. The Labute approximate surface area is 121 Å². The van der Waals surface area contributed by atoms with E-state index in [1.54, 1.807) is 0 Å². The van der Waals surface area contributed by atoms with Crippen molar-refractivity contribution in [2.24, 2.45) is 0 Å². The Hall–Kier alpha value is -0.800. The molecule has 0 spiro atoms. The van der Waals surface area contributed by atoms with Crippen molar-refractivity contribution in [1.82, 2.24) is 0 Å². The second-order valence-electron chi connectivity index (χ2n) is 5.38. The zero-order valence-corrected chi connectivity index (χ0v) is 13.4. The van der Waals surface area contributed by atoms with Crippen molar-refractivity contribution in [3.63, 3.8) is 0 Å². The number of rotatable bonds is 3. The molecule has 1 N–H and O–H groups in total. The minimum Gasteiger partial charge on any atom is -0.380 e. The van der Waals surface area contributed by atoms with E-state index >= 15 is 0 Å². The Balaban J connectivity index is 1.98. The molecule has 0 saturated carbocycles. The summed E-state index contributed by atoms with van der Waals surface area (Å²) in [5.74, 6) is 0. The van der Waals surface area contributed by atoms with Crippen LogP contribution in [0.1, 0.15) is 30.5 Å². The Morgan fingerprint density at radius 2 is 1.72 bits per heavy atom. The molecule has 2 rings (SSSR count). The fraction of sp³-hybridized carbons (Fsp3) is 0.333. The average Bonchev–Trinajstić information content (AvgIpc) is 2.77. The topological polar surface area (TPSA) is 12.0 Å². The average molecular weight is 324 g/mol. The van der Waals surface area contributed by atoms with Crippen LogP contribution in [0, 0.1) is 0 Å². The second-order valence-corrected chi connectivity index (χ2v) is 7.46. The lowest BCUT2D eigenvalue weighted by Crippen LogP contribution is -2.07. The number of halogens is 1. The van der Waals surface area contributed by atoms with E-state index in [-0.39, 0.29) is 5.41 Å². The molecule has 96 valence electrons. The summed E-state index contributed by atoms with van der Waals surface area (Å²) in [6.07, 6.45) is 0. The molecule has 0 amide bonds. The van der Waals surface area contributed by atoms with Crippen molar-refractivity contribution in [1.29, 1.82) is 0 Å². The minimum atomic E-state index is 0.251. The van der Waals surface area contributed by atoms with Gasteiger partial charge in [0.15, 0.2) is 0 Å². The van der Waals surface area contributed by atoms with Gasteiger partial charge in [-0.2, -0.15) is 0 Å². The molecule has 0 radical (unpaired) electrons. The summed E-state index contributed by atoms with van der Waals surface area (Å²) in [7, 11) is 0. The number of nitrogens with one attached hydrogen (secondary N) is 1. The van der Waals surface area contributed by atoms with E-state index in [1.807, 2.05) is 11.3 Å². The van der Waals surface area contributed by atoms with Gasteiger partial charge in [-0.3, -0.25) is 0 Å². The van der Waals surface area contributed by atoms with Gasteiger partial charge in [0.2, 0.25) is 0 Å². The maximum absolute atomic E-state index is 3.44. The van der Waals surface area contributed by atoms with Crippen LogP contribution in [-0.4, -0.2) is 0 Å². The van der Waals surface area contributed by atoms with Gasteiger partial charge in [0.1, 0.15) is 0 Å². The molecule has 1 aromatic heterocycles. The summed E-state index contributed by atoms with van der Waals surface area (Å²) in [6, 6.07) is 12.7. The van der Waals surface area contributed by atoms with Crippen molar-refractivity contribution in [2.45, 2.75) is 32.7 Å². The van der Waals surface area contributed by atoms with Crippen LogP contribution >= 0.6 is 27.3 Å². The highest BCUT2D eigenvalue weighted by Gasteiger charge is 2.15. The molecule has 0 unspecified atom stereocenters. The van der Waals surface area contributed by atoms with Crippen LogP contribution < -0.4 is 5.32 Å². The van der Waals surface area contributed by atoms with Crippen molar-refractivity contribution >= 4 is 33.0 Å². The maximum atomic E-state index is 3.44. The van der Waals surface area contributed by atoms with E-state index in [2.05, 4.69) is 78.4 Å². The smallest absolute Gasteiger partial charge is 0.0494 e. The van der Waals surface area contributed by atoms with Gasteiger partial charge in [0.05, 0.1) is 0 Å². The van der Waals surface area contributed by atoms with Gasteiger partial charge in [0.25, 0.3) is 0 Å². The Morgan fingerprint density at radius 1 is 1.06 bits per heavy atom.